The fourth-order valence-corrected chi connectivity index (χ4v) is 4.45. The number of aromatic nitrogens is 1. The van der Waals surface area contributed by atoms with Crippen molar-refractivity contribution >= 4 is 22.7 Å². The van der Waals surface area contributed by atoms with E-state index in [2.05, 4.69) is 29.2 Å². The van der Waals surface area contributed by atoms with Crippen LogP contribution in [0.4, 0.5) is 18.9 Å². The zero-order valence-corrected chi connectivity index (χ0v) is 19.3. The van der Waals surface area contributed by atoms with E-state index in [1.807, 2.05) is 37.2 Å². The second-order valence-corrected chi connectivity index (χ2v) is 8.91. The Labute approximate surface area is 200 Å². The van der Waals surface area contributed by atoms with Crippen LogP contribution in [-0.2, 0) is 6.18 Å². The fraction of sp³-hybridized carbons (Fsp3) is 0.259. The minimum Gasteiger partial charge on any atom is -0.438 e. The highest BCUT2D eigenvalue weighted by atomic mass is 19.4. The molecule has 4 aromatic rings. The van der Waals surface area contributed by atoms with E-state index in [1.54, 1.807) is 4.90 Å². The van der Waals surface area contributed by atoms with Crippen LogP contribution in [-0.4, -0.2) is 36.4 Å². The van der Waals surface area contributed by atoms with E-state index in [1.165, 1.54) is 12.1 Å². The van der Waals surface area contributed by atoms with Gasteiger partial charge in [0.2, 0.25) is 5.89 Å². The molecular formula is C27H24F3N3O2. The van der Waals surface area contributed by atoms with E-state index in [0.29, 0.717) is 30.0 Å². The van der Waals surface area contributed by atoms with Crippen LogP contribution in [0.5, 0.6) is 0 Å². The predicted molar refractivity (Wildman–Crippen MR) is 128 cm³/mol. The lowest BCUT2D eigenvalue weighted by Gasteiger charge is -2.22. The lowest BCUT2D eigenvalue weighted by molar-refractivity contribution is -0.137. The maximum Gasteiger partial charge on any atom is 0.416 e. The molecule has 8 heteroatoms. The molecule has 0 bridgehead atoms. The summed E-state index contributed by atoms with van der Waals surface area (Å²) in [6, 6.07) is 18.0. The topological polar surface area (TPSA) is 49.6 Å². The molecular weight excluding hydrogens is 455 g/mol. The van der Waals surface area contributed by atoms with Crippen LogP contribution in [0, 0.1) is 0 Å². The van der Waals surface area contributed by atoms with Crippen molar-refractivity contribution in [2.75, 3.05) is 25.5 Å². The number of oxazole rings is 1. The monoisotopic (exact) mass is 479 g/mol. The number of rotatable bonds is 4. The number of hydrogen-bond donors (Lipinski definition) is 0. The Kier molecular flexibility index (Phi) is 5.75. The normalized spacial score (nSPS) is 16.1. The van der Waals surface area contributed by atoms with Crippen LogP contribution in [0.2, 0.25) is 0 Å². The third kappa shape index (κ3) is 4.48. The highest BCUT2D eigenvalue weighted by Gasteiger charge is 2.35. The standard InChI is InChI=1S/C27H24F3N3O2/c1-32(2)21-12-7-17(8-13-21)19-9-14-24-22(16-19)31-25(35-24)23-4-3-15-33(23)26(34)18-5-10-20(11-6-18)27(28,29)30/h5-14,16,23H,3-4,15H2,1-2H3/t23-/m0/s1. The third-order valence-electron chi connectivity index (χ3n) is 6.38. The molecule has 0 spiro atoms. The predicted octanol–water partition coefficient (Wildman–Crippen LogP) is 6.56. The number of amides is 1. The molecule has 5 nitrogen and oxygen atoms in total. The largest absolute Gasteiger partial charge is 0.438 e. The number of alkyl halides is 3. The number of anilines is 1. The summed E-state index contributed by atoms with van der Waals surface area (Å²) in [6.07, 6.45) is -3.00. The molecule has 0 aliphatic carbocycles. The van der Waals surface area contributed by atoms with Gasteiger partial charge >= 0.3 is 6.18 Å². The van der Waals surface area contributed by atoms with Gasteiger partial charge in [-0.15, -0.1) is 0 Å². The molecule has 1 amide bonds. The molecule has 1 aliphatic rings. The van der Waals surface area contributed by atoms with Gasteiger partial charge in [0.15, 0.2) is 5.58 Å². The van der Waals surface area contributed by atoms with Crippen molar-refractivity contribution in [3.05, 3.63) is 83.7 Å². The highest BCUT2D eigenvalue weighted by Crippen LogP contribution is 2.36. The van der Waals surface area contributed by atoms with Crippen LogP contribution >= 0.6 is 0 Å². The van der Waals surface area contributed by atoms with E-state index in [0.717, 1.165) is 35.4 Å². The molecule has 35 heavy (non-hydrogen) atoms. The summed E-state index contributed by atoms with van der Waals surface area (Å²) in [7, 11) is 3.99. The van der Waals surface area contributed by atoms with Crippen molar-refractivity contribution in [2.24, 2.45) is 0 Å². The van der Waals surface area contributed by atoms with Gasteiger partial charge in [-0.3, -0.25) is 4.79 Å². The molecule has 1 saturated heterocycles. The van der Waals surface area contributed by atoms with Gasteiger partial charge in [0.25, 0.3) is 5.91 Å². The average molecular weight is 480 g/mol. The second-order valence-electron chi connectivity index (χ2n) is 8.91. The van der Waals surface area contributed by atoms with Crippen molar-refractivity contribution in [3.63, 3.8) is 0 Å². The lowest BCUT2D eigenvalue weighted by Crippen LogP contribution is -2.30. The molecule has 2 heterocycles. The Morgan fingerprint density at radius 1 is 1.00 bits per heavy atom. The van der Waals surface area contributed by atoms with Crippen LogP contribution in [0.3, 0.4) is 0 Å². The number of carbonyl (C=O) groups is 1. The van der Waals surface area contributed by atoms with Crippen LogP contribution in [0.1, 0.15) is 40.7 Å². The molecule has 0 saturated carbocycles. The minimum absolute atomic E-state index is 0.212. The first-order valence-corrected chi connectivity index (χ1v) is 11.4. The summed E-state index contributed by atoms with van der Waals surface area (Å²) >= 11 is 0. The van der Waals surface area contributed by atoms with Gasteiger partial charge < -0.3 is 14.2 Å². The second kappa shape index (κ2) is 8.76. The summed E-state index contributed by atoms with van der Waals surface area (Å²) in [5.41, 5.74) is 3.93. The molecule has 180 valence electrons. The molecule has 1 fully saturated rings. The van der Waals surface area contributed by atoms with Gasteiger partial charge in [-0.1, -0.05) is 18.2 Å². The zero-order chi connectivity index (χ0) is 24.7. The summed E-state index contributed by atoms with van der Waals surface area (Å²) in [6.45, 7) is 0.493. The van der Waals surface area contributed by atoms with Crippen LogP contribution in [0.25, 0.3) is 22.2 Å². The number of nitrogens with zero attached hydrogens (tertiary/aromatic N) is 3. The summed E-state index contributed by atoms with van der Waals surface area (Å²) in [4.78, 5) is 21.4. The zero-order valence-electron chi connectivity index (χ0n) is 19.3. The number of fused-ring (bicyclic) bond motifs is 1. The fourth-order valence-electron chi connectivity index (χ4n) is 4.45. The Bertz CT molecular complexity index is 1360. The van der Waals surface area contributed by atoms with Gasteiger partial charge in [0.1, 0.15) is 11.6 Å². The first-order chi connectivity index (χ1) is 16.7. The van der Waals surface area contributed by atoms with Crippen molar-refractivity contribution in [1.29, 1.82) is 0 Å². The molecule has 1 atom stereocenters. The van der Waals surface area contributed by atoms with Crippen molar-refractivity contribution in [3.8, 4) is 11.1 Å². The van der Waals surface area contributed by atoms with Crippen molar-refractivity contribution in [2.45, 2.75) is 25.1 Å². The number of hydrogen-bond acceptors (Lipinski definition) is 4. The number of likely N-dealkylation sites (tertiary alicyclic amines) is 1. The van der Waals surface area contributed by atoms with Gasteiger partial charge in [0.05, 0.1) is 5.56 Å². The van der Waals surface area contributed by atoms with E-state index >= 15 is 0 Å². The SMILES string of the molecule is CN(C)c1ccc(-c2ccc3oc([C@@H]4CCCN4C(=O)c4ccc(C(F)(F)F)cc4)nc3c2)cc1. The Morgan fingerprint density at radius 2 is 1.69 bits per heavy atom. The number of benzene rings is 3. The van der Waals surface area contributed by atoms with Crippen LogP contribution in [0.15, 0.2) is 71.1 Å². The summed E-state index contributed by atoms with van der Waals surface area (Å²) < 4.78 is 44.6. The average Bonchev–Trinajstić information content (AvgIpc) is 3.49. The molecule has 0 unspecified atom stereocenters. The van der Waals surface area contributed by atoms with E-state index < -0.39 is 11.7 Å². The smallest absolute Gasteiger partial charge is 0.416 e. The van der Waals surface area contributed by atoms with Gasteiger partial charge in [-0.05, 0) is 72.5 Å². The Balaban J connectivity index is 1.39. The highest BCUT2D eigenvalue weighted by molar-refractivity contribution is 5.94. The van der Waals surface area contributed by atoms with E-state index in [-0.39, 0.29) is 17.5 Å². The lowest BCUT2D eigenvalue weighted by atomic mass is 10.0. The maximum absolute atomic E-state index is 13.1. The molecule has 0 N–H and O–H groups in total. The summed E-state index contributed by atoms with van der Waals surface area (Å²) in [5.74, 6) is 0.114. The molecule has 5 rings (SSSR count). The maximum atomic E-state index is 13.1. The minimum atomic E-state index is -4.44. The van der Waals surface area contributed by atoms with E-state index in [9.17, 15) is 18.0 Å². The molecule has 0 radical (unpaired) electrons. The first-order valence-electron chi connectivity index (χ1n) is 11.4. The quantitative estimate of drug-likeness (QED) is 0.333. The number of carbonyl (C=O) groups excluding carboxylic acids is 1. The third-order valence-corrected chi connectivity index (χ3v) is 6.38. The first kappa shape index (κ1) is 23.0. The van der Waals surface area contributed by atoms with E-state index in [4.69, 9.17) is 4.42 Å². The van der Waals surface area contributed by atoms with Crippen molar-refractivity contribution < 1.29 is 22.4 Å². The van der Waals surface area contributed by atoms with Crippen molar-refractivity contribution in [1.82, 2.24) is 9.88 Å². The van der Waals surface area contributed by atoms with Gasteiger partial charge in [-0.25, -0.2) is 4.98 Å². The van der Waals surface area contributed by atoms with Gasteiger partial charge in [-0.2, -0.15) is 13.2 Å². The number of halogens is 3. The molecule has 1 aliphatic heterocycles. The summed E-state index contributed by atoms with van der Waals surface area (Å²) in [5, 5.41) is 0. The Morgan fingerprint density at radius 3 is 2.34 bits per heavy atom. The Hall–Kier alpha value is -3.81. The van der Waals surface area contributed by atoms with Gasteiger partial charge in [0, 0.05) is 31.9 Å². The molecule has 3 aromatic carbocycles. The molecule has 1 aromatic heterocycles. The van der Waals surface area contributed by atoms with Crippen LogP contribution < -0.4 is 4.90 Å².